The van der Waals surface area contributed by atoms with Gasteiger partial charge in [-0.3, -0.25) is 9.59 Å². The summed E-state index contributed by atoms with van der Waals surface area (Å²) >= 11 is 0. The first kappa shape index (κ1) is 16.2. The molecule has 2 aromatic carbocycles. The molecular formula is C17H17N3O3. The highest BCUT2D eigenvalue weighted by molar-refractivity contribution is 6.34. The zero-order chi connectivity index (χ0) is 16.7. The predicted octanol–water partition coefficient (Wildman–Crippen LogP) is 1.51. The molecule has 3 N–H and O–H groups in total. The van der Waals surface area contributed by atoms with E-state index in [1.54, 1.807) is 24.3 Å². The molecule has 118 valence electrons. The number of aryl methyl sites for hydroxylation is 1. The molecule has 0 heterocycles. The van der Waals surface area contributed by atoms with E-state index in [0.29, 0.717) is 6.61 Å². The highest BCUT2D eigenvalue weighted by atomic mass is 16.5. The number of carbonyl (C=O) groups is 2. The molecule has 0 unspecified atom stereocenters. The van der Waals surface area contributed by atoms with Crippen LogP contribution in [0.2, 0.25) is 0 Å². The first-order valence-corrected chi connectivity index (χ1v) is 6.96. The van der Waals surface area contributed by atoms with Crippen LogP contribution in [0.3, 0.4) is 0 Å². The minimum atomic E-state index is -1.08. The van der Waals surface area contributed by atoms with E-state index in [0.717, 1.165) is 16.9 Å². The molecule has 0 aliphatic rings. The van der Waals surface area contributed by atoms with Crippen LogP contribution in [0.25, 0.3) is 0 Å². The van der Waals surface area contributed by atoms with Crippen molar-refractivity contribution < 1.29 is 14.3 Å². The van der Waals surface area contributed by atoms with Crippen LogP contribution in [0.15, 0.2) is 53.6 Å². The standard InChI is InChI=1S/C17H17N3O3/c1-12-2-4-14(5-3-12)11-23-15-8-6-13(7-9-15)10-19-20-17(22)16(18)21/h2-10H,11H2,1H3,(H2,18,21)(H,20,22)/b19-10-. The highest BCUT2D eigenvalue weighted by Gasteiger charge is 2.05. The molecule has 0 atom stereocenters. The molecule has 0 aliphatic carbocycles. The van der Waals surface area contributed by atoms with Crippen molar-refractivity contribution >= 4 is 18.0 Å². The Bertz CT molecular complexity index is 707. The van der Waals surface area contributed by atoms with Gasteiger partial charge in [0.15, 0.2) is 0 Å². The Kier molecular flexibility index (Phi) is 5.46. The number of ether oxygens (including phenoxy) is 1. The van der Waals surface area contributed by atoms with Gasteiger partial charge in [0.25, 0.3) is 0 Å². The van der Waals surface area contributed by atoms with E-state index >= 15 is 0 Å². The molecule has 0 bridgehead atoms. The van der Waals surface area contributed by atoms with Gasteiger partial charge in [-0.05, 0) is 42.3 Å². The van der Waals surface area contributed by atoms with E-state index in [9.17, 15) is 9.59 Å². The van der Waals surface area contributed by atoms with Gasteiger partial charge in [0.1, 0.15) is 12.4 Å². The highest BCUT2D eigenvalue weighted by Crippen LogP contribution is 2.13. The summed E-state index contributed by atoms with van der Waals surface area (Å²) in [5, 5.41) is 3.63. The summed E-state index contributed by atoms with van der Waals surface area (Å²) in [4.78, 5) is 21.4. The number of amides is 2. The second kappa shape index (κ2) is 7.74. The van der Waals surface area contributed by atoms with Gasteiger partial charge in [0.2, 0.25) is 0 Å². The Morgan fingerprint density at radius 3 is 2.39 bits per heavy atom. The lowest BCUT2D eigenvalue weighted by molar-refractivity contribution is -0.137. The van der Waals surface area contributed by atoms with Gasteiger partial charge in [0, 0.05) is 0 Å². The zero-order valence-electron chi connectivity index (χ0n) is 12.7. The lowest BCUT2D eigenvalue weighted by Crippen LogP contribution is -2.32. The Labute approximate surface area is 134 Å². The van der Waals surface area contributed by atoms with Gasteiger partial charge in [0.05, 0.1) is 6.21 Å². The van der Waals surface area contributed by atoms with Gasteiger partial charge >= 0.3 is 11.8 Å². The molecule has 2 rings (SSSR count). The largest absolute Gasteiger partial charge is 0.489 e. The molecule has 0 aliphatic heterocycles. The van der Waals surface area contributed by atoms with E-state index in [1.165, 1.54) is 11.8 Å². The molecule has 23 heavy (non-hydrogen) atoms. The predicted molar refractivity (Wildman–Crippen MR) is 86.9 cm³/mol. The van der Waals surface area contributed by atoms with Crippen LogP contribution >= 0.6 is 0 Å². The average Bonchev–Trinajstić information content (AvgIpc) is 2.55. The molecule has 0 aromatic heterocycles. The number of nitrogens with one attached hydrogen (secondary N) is 1. The minimum Gasteiger partial charge on any atom is -0.489 e. The molecule has 0 spiro atoms. The third kappa shape index (κ3) is 5.28. The van der Waals surface area contributed by atoms with Crippen LogP contribution in [-0.2, 0) is 16.2 Å². The number of primary amides is 1. The zero-order valence-corrected chi connectivity index (χ0v) is 12.7. The summed E-state index contributed by atoms with van der Waals surface area (Å²) in [6, 6.07) is 15.3. The third-order valence-corrected chi connectivity index (χ3v) is 3.01. The smallest absolute Gasteiger partial charge is 0.329 e. The number of carbonyl (C=O) groups excluding carboxylic acids is 2. The molecular weight excluding hydrogens is 294 g/mol. The van der Waals surface area contributed by atoms with Gasteiger partial charge in [-0.25, -0.2) is 5.43 Å². The van der Waals surface area contributed by atoms with Crippen molar-refractivity contribution in [3.8, 4) is 5.75 Å². The van der Waals surface area contributed by atoms with Crippen LogP contribution in [0.5, 0.6) is 5.75 Å². The molecule has 6 heteroatoms. The second-order valence-electron chi connectivity index (χ2n) is 4.91. The SMILES string of the molecule is Cc1ccc(COc2ccc(/C=N\NC(=O)C(N)=O)cc2)cc1. The van der Waals surface area contributed by atoms with Crippen molar-refractivity contribution in [1.82, 2.24) is 5.43 Å². The summed E-state index contributed by atoms with van der Waals surface area (Å²) < 4.78 is 5.69. The number of rotatable bonds is 5. The summed E-state index contributed by atoms with van der Waals surface area (Å²) in [5.74, 6) is -1.31. The lowest BCUT2D eigenvalue weighted by Gasteiger charge is -2.06. The van der Waals surface area contributed by atoms with Gasteiger partial charge in [-0.2, -0.15) is 5.10 Å². The normalized spacial score (nSPS) is 10.5. The van der Waals surface area contributed by atoms with Crippen LogP contribution in [0.1, 0.15) is 16.7 Å². The summed E-state index contributed by atoms with van der Waals surface area (Å²) in [7, 11) is 0. The van der Waals surface area contributed by atoms with Gasteiger partial charge < -0.3 is 10.5 Å². The van der Waals surface area contributed by atoms with Crippen LogP contribution in [0, 0.1) is 6.92 Å². The Morgan fingerprint density at radius 1 is 1.13 bits per heavy atom. The molecule has 0 saturated carbocycles. The molecule has 2 aromatic rings. The fourth-order valence-corrected chi connectivity index (χ4v) is 1.72. The maximum atomic E-state index is 10.9. The molecule has 0 saturated heterocycles. The quantitative estimate of drug-likeness (QED) is 0.498. The average molecular weight is 311 g/mol. The molecule has 2 amide bonds. The first-order valence-electron chi connectivity index (χ1n) is 6.96. The summed E-state index contributed by atoms with van der Waals surface area (Å²) in [5.41, 5.74) is 9.85. The Balaban J connectivity index is 1.86. The van der Waals surface area contributed by atoms with E-state index in [1.807, 2.05) is 36.6 Å². The number of benzene rings is 2. The topological polar surface area (TPSA) is 93.8 Å². The first-order chi connectivity index (χ1) is 11.0. The van der Waals surface area contributed by atoms with Crippen LogP contribution in [-0.4, -0.2) is 18.0 Å². The van der Waals surface area contributed by atoms with Crippen molar-refractivity contribution in [2.75, 3.05) is 0 Å². The Hall–Kier alpha value is -3.15. The second-order valence-corrected chi connectivity index (χ2v) is 4.91. The fourth-order valence-electron chi connectivity index (χ4n) is 1.72. The number of nitrogens with zero attached hydrogens (tertiary/aromatic N) is 1. The fraction of sp³-hybridized carbons (Fsp3) is 0.118. The van der Waals surface area contributed by atoms with Gasteiger partial charge in [-0.1, -0.05) is 29.8 Å². The maximum absolute atomic E-state index is 10.9. The Morgan fingerprint density at radius 2 is 1.78 bits per heavy atom. The molecule has 0 fully saturated rings. The van der Waals surface area contributed by atoms with E-state index in [-0.39, 0.29) is 0 Å². The summed E-state index contributed by atoms with van der Waals surface area (Å²) in [6.45, 7) is 2.53. The van der Waals surface area contributed by atoms with Gasteiger partial charge in [-0.15, -0.1) is 0 Å². The summed E-state index contributed by atoms with van der Waals surface area (Å²) in [6.07, 6.45) is 1.41. The van der Waals surface area contributed by atoms with Crippen molar-refractivity contribution in [2.24, 2.45) is 10.8 Å². The number of hydrazone groups is 1. The molecule has 0 radical (unpaired) electrons. The van der Waals surface area contributed by atoms with Crippen molar-refractivity contribution in [1.29, 1.82) is 0 Å². The third-order valence-electron chi connectivity index (χ3n) is 3.01. The van der Waals surface area contributed by atoms with E-state index < -0.39 is 11.8 Å². The number of hydrogen-bond acceptors (Lipinski definition) is 4. The minimum absolute atomic E-state index is 0.488. The van der Waals surface area contributed by atoms with Crippen LogP contribution < -0.4 is 15.9 Å². The van der Waals surface area contributed by atoms with Crippen molar-refractivity contribution in [3.05, 3.63) is 65.2 Å². The number of hydrogen-bond donors (Lipinski definition) is 2. The maximum Gasteiger partial charge on any atom is 0.329 e. The molecule has 6 nitrogen and oxygen atoms in total. The van der Waals surface area contributed by atoms with E-state index in [4.69, 9.17) is 10.5 Å². The monoisotopic (exact) mass is 311 g/mol. The van der Waals surface area contributed by atoms with E-state index in [2.05, 4.69) is 5.10 Å². The number of nitrogens with two attached hydrogens (primary N) is 1. The van der Waals surface area contributed by atoms with Crippen molar-refractivity contribution in [3.63, 3.8) is 0 Å². The van der Waals surface area contributed by atoms with Crippen LogP contribution in [0.4, 0.5) is 0 Å². The van der Waals surface area contributed by atoms with Crippen molar-refractivity contribution in [2.45, 2.75) is 13.5 Å². The lowest BCUT2D eigenvalue weighted by atomic mass is 10.2.